The molecule has 0 aromatic heterocycles. The van der Waals surface area contributed by atoms with E-state index in [4.69, 9.17) is 0 Å². The molecule has 0 aliphatic heterocycles. The summed E-state index contributed by atoms with van der Waals surface area (Å²) >= 11 is 0. The van der Waals surface area contributed by atoms with Crippen molar-refractivity contribution in [3.8, 4) is 0 Å². The molecular formula is C19H23NO2. The van der Waals surface area contributed by atoms with E-state index in [2.05, 4.69) is 4.90 Å². The van der Waals surface area contributed by atoms with Gasteiger partial charge in [-0.05, 0) is 44.6 Å². The van der Waals surface area contributed by atoms with Gasteiger partial charge in [-0.1, -0.05) is 60.7 Å². The molecule has 3 nitrogen and oxygen atoms in total. The van der Waals surface area contributed by atoms with Crippen LogP contribution >= 0.6 is 0 Å². The lowest BCUT2D eigenvalue weighted by Crippen LogP contribution is -2.37. The second kappa shape index (κ2) is 7.23. The van der Waals surface area contributed by atoms with Gasteiger partial charge in [0.2, 0.25) is 0 Å². The molecular weight excluding hydrogens is 274 g/mol. The summed E-state index contributed by atoms with van der Waals surface area (Å²) in [5.74, 6) is -0.788. The first-order chi connectivity index (χ1) is 10.6. The highest BCUT2D eigenvalue weighted by Crippen LogP contribution is 2.37. The van der Waals surface area contributed by atoms with Gasteiger partial charge in [0.15, 0.2) is 0 Å². The quantitative estimate of drug-likeness (QED) is 0.851. The number of aliphatic carboxylic acids is 1. The maximum absolute atomic E-state index is 12.3. The molecule has 0 aliphatic carbocycles. The van der Waals surface area contributed by atoms with Gasteiger partial charge >= 0.3 is 5.97 Å². The summed E-state index contributed by atoms with van der Waals surface area (Å²) in [6.07, 6.45) is 1.40. The van der Waals surface area contributed by atoms with Crippen molar-refractivity contribution in [2.24, 2.45) is 0 Å². The SMILES string of the molecule is CN(C)CCCC(C(=O)O)(c1ccccc1)c1ccccc1. The summed E-state index contributed by atoms with van der Waals surface area (Å²) in [5, 5.41) is 10.1. The van der Waals surface area contributed by atoms with E-state index in [1.807, 2.05) is 74.8 Å². The van der Waals surface area contributed by atoms with Crippen LogP contribution in [0.1, 0.15) is 24.0 Å². The van der Waals surface area contributed by atoms with Crippen LogP contribution in [-0.4, -0.2) is 36.6 Å². The second-order valence-corrected chi connectivity index (χ2v) is 5.85. The highest BCUT2D eigenvalue weighted by molar-refractivity contribution is 5.86. The van der Waals surface area contributed by atoms with Crippen LogP contribution in [0, 0.1) is 0 Å². The molecule has 0 bridgehead atoms. The molecule has 3 heteroatoms. The fourth-order valence-electron chi connectivity index (χ4n) is 2.92. The van der Waals surface area contributed by atoms with Crippen molar-refractivity contribution in [1.29, 1.82) is 0 Å². The van der Waals surface area contributed by atoms with Gasteiger partial charge in [0.25, 0.3) is 0 Å². The number of carboxylic acid groups (broad SMARTS) is 1. The van der Waals surface area contributed by atoms with Crippen molar-refractivity contribution >= 4 is 5.97 Å². The summed E-state index contributed by atoms with van der Waals surface area (Å²) in [5.41, 5.74) is 0.693. The first-order valence-corrected chi connectivity index (χ1v) is 7.56. The van der Waals surface area contributed by atoms with Crippen molar-refractivity contribution < 1.29 is 9.90 Å². The maximum atomic E-state index is 12.3. The molecule has 0 atom stereocenters. The van der Waals surface area contributed by atoms with Gasteiger partial charge < -0.3 is 10.0 Å². The standard InChI is InChI=1S/C19H23NO2/c1-20(2)15-9-14-19(18(21)22,16-10-5-3-6-11-16)17-12-7-4-8-13-17/h3-8,10-13H,9,14-15H2,1-2H3,(H,21,22). The number of nitrogens with zero attached hydrogens (tertiary/aromatic N) is 1. The van der Waals surface area contributed by atoms with Crippen LogP contribution in [0.4, 0.5) is 0 Å². The smallest absolute Gasteiger partial charge is 0.318 e. The number of rotatable bonds is 7. The summed E-state index contributed by atoms with van der Waals surface area (Å²) in [7, 11) is 4.01. The van der Waals surface area contributed by atoms with Crippen LogP contribution in [0.15, 0.2) is 60.7 Å². The fourth-order valence-corrected chi connectivity index (χ4v) is 2.92. The molecule has 0 fully saturated rings. The third-order valence-corrected chi connectivity index (χ3v) is 4.06. The van der Waals surface area contributed by atoms with E-state index in [9.17, 15) is 9.90 Å². The summed E-state index contributed by atoms with van der Waals surface area (Å²) < 4.78 is 0. The number of hydrogen-bond donors (Lipinski definition) is 1. The summed E-state index contributed by atoms with van der Waals surface area (Å²) in [6.45, 7) is 0.870. The van der Waals surface area contributed by atoms with Crippen LogP contribution in [0.2, 0.25) is 0 Å². The van der Waals surface area contributed by atoms with Crippen LogP contribution in [0.3, 0.4) is 0 Å². The third kappa shape index (κ3) is 3.37. The Morgan fingerprint density at radius 1 is 0.955 bits per heavy atom. The molecule has 0 unspecified atom stereocenters. The monoisotopic (exact) mass is 297 g/mol. The maximum Gasteiger partial charge on any atom is 0.318 e. The molecule has 2 rings (SSSR count). The van der Waals surface area contributed by atoms with Gasteiger partial charge in [0, 0.05) is 0 Å². The van der Waals surface area contributed by atoms with Crippen molar-refractivity contribution in [2.75, 3.05) is 20.6 Å². The van der Waals surface area contributed by atoms with E-state index in [1.54, 1.807) is 0 Å². The van der Waals surface area contributed by atoms with E-state index in [-0.39, 0.29) is 0 Å². The minimum absolute atomic E-state index is 0.578. The van der Waals surface area contributed by atoms with E-state index in [0.29, 0.717) is 6.42 Å². The lowest BCUT2D eigenvalue weighted by atomic mass is 9.71. The van der Waals surface area contributed by atoms with Crippen molar-refractivity contribution in [2.45, 2.75) is 18.3 Å². The molecule has 0 heterocycles. The second-order valence-electron chi connectivity index (χ2n) is 5.85. The normalized spacial score (nSPS) is 11.6. The molecule has 116 valence electrons. The van der Waals surface area contributed by atoms with Gasteiger partial charge in [-0.2, -0.15) is 0 Å². The van der Waals surface area contributed by atoms with E-state index in [1.165, 1.54) is 0 Å². The van der Waals surface area contributed by atoms with Gasteiger partial charge in [0.05, 0.1) is 0 Å². The molecule has 0 amide bonds. The van der Waals surface area contributed by atoms with Gasteiger partial charge in [-0.15, -0.1) is 0 Å². The Morgan fingerprint density at radius 3 is 1.77 bits per heavy atom. The topological polar surface area (TPSA) is 40.5 Å². The predicted molar refractivity (Wildman–Crippen MR) is 89.1 cm³/mol. The molecule has 0 spiro atoms. The number of carbonyl (C=O) groups is 1. The Morgan fingerprint density at radius 2 is 1.41 bits per heavy atom. The zero-order chi connectivity index (χ0) is 16.0. The van der Waals surface area contributed by atoms with Crippen LogP contribution in [0.5, 0.6) is 0 Å². The number of benzene rings is 2. The highest BCUT2D eigenvalue weighted by Gasteiger charge is 2.41. The Labute approximate surface area is 132 Å². The molecule has 22 heavy (non-hydrogen) atoms. The van der Waals surface area contributed by atoms with Gasteiger partial charge in [-0.3, -0.25) is 4.79 Å². The zero-order valence-corrected chi connectivity index (χ0v) is 13.2. The van der Waals surface area contributed by atoms with E-state index < -0.39 is 11.4 Å². The fraction of sp³-hybridized carbons (Fsp3) is 0.316. The molecule has 0 saturated heterocycles. The first kappa shape index (κ1) is 16.2. The Bertz CT molecular complexity index is 554. The number of carboxylic acids is 1. The van der Waals surface area contributed by atoms with Crippen molar-refractivity contribution in [1.82, 2.24) is 4.90 Å². The molecule has 2 aromatic carbocycles. The van der Waals surface area contributed by atoms with Crippen LogP contribution < -0.4 is 0 Å². The predicted octanol–water partition coefficient (Wildman–Crippen LogP) is 3.40. The average molecular weight is 297 g/mol. The Balaban J connectivity index is 2.48. The van der Waals surface area contributed by atoms with Crippen LogP contribution in [-0.2, 0) is 10.2 Å². The lowest BCUT2D eigenvalue weighted by Gasteiger charge is -2.31. The minimum atomic E-state index is -0.988. The molecule has 2 aromatic rings. The largest absolute Gasteiger partial charge is 0.480 e. The van der Waals surface area contributed by atoms with Gasteiger partial charge in [0.1, 0.15) is 5.41 Å². The number of hydrogen-bond acceptors (Lipinski definition) is 2. The first-order valence-electron chi connectivity index (χ1n) is 7.56. The molecule has 0 saturated carbocycles. The summed E-state index contributed by atoms with van der Waals surface area (Å²) in [4.78, 5) is 14.4. The Hall–Kier alpha value is -2.13. The summed E-state index contributed by atoms with van der Waals surface area (Å²) in [6, 6.07) is 19.1. The van der Waals surface area contributed by atoms with Crippen molar-refractivity contribution in [3.63, 3.8) is 0 Å². The zero-order valence-electron chi connectivity index (χ0n) is 13.2. The molecule has 0 radical (unpaired) electrons. The molecule has 0 aliphatic rings. The minimum Gasteiger partial charge on any atom is -0.480 e. The van der Waals surface area contributed by atoms with Crippen molar-refractivity contribution in [3.05, 3.63) is 71.8 Å². The van der Waals surface area contributed by atoms with E-state index in [0.717, 1.165) is 24.1 Å². The van der Waals surface area contributed by atoms with Crippen LogP contribution in [0.25, 0.3) is 0 Å². The van der Waals surface area contributed by atoms with E-state index >= 15 is 0 Å². The van der Waals surface area contributed by atoms with Gasteiger partial charge in [-0.25, -0.2) is 0 Å². The highest BCUT2D eigenvalue weighted by atomic mass is 16.4. The Kier molecular flexibility index (Phi) is 5.34. The third-order valence-electron chi connectivity index (χ3n) is 4.06. The lowest BCUT2D eigenvalue weighted by molar-refractivity contribution is -0.142. The average Bonchev–Trinajstić information content (AvgIpc) is 2.53. The molecule has 1 N–H and O–H groups in total.